The molecule has 2 heterocycles. The van der Waals surface area contributed by atoms with Crippen molar-refractivity contribution in [3.63, 3.8) is 0 Å². The summed E-state index contributed by atoms with van der Waals surface area (Å²) in [4.78, 5) is 23.4. The number of hydrogen-bond acceptors (Lipinski definition) is 8. The van der Waals surface area contributed by atoms with Crippen molar-refractivity contribution in [2.75, 3.05) is 39.3 Å². The number of ether oxygens (including phenoxy) is 3. The molecule has 0 spiro atoms. The largest absolute Gasteiger partial charge is 0.493 e. The van der Waals surface area contributed by atoms with Crippen molar-refractivity contribution in [1.82, 2.24) is 15.3 Å². The Morgan fingerprint density at radius 3 is 2.53 bits per heavy atom. The topological polar surface area (TPSA) is 110 Å². The quantitative estimate of drug-likeness (QED) is 0.738. The number of nitriles is 1. The molecule has 1 fully saturated rings. The van der Waals surface area contributed by atoms with Crippen LogP contribution in [0, 0.1) is 17.2 Å². The van der Waals surface area contributed by atoms with Crippen molar-refractivity contribution in [2.24, 2.45) is 5.92 Å². The van der Waals surface area contributed by atoms with E-state index in [4.69, 9.17) is 14.2 Å². The standard InChI is InChI=1S/C21H25N5O4/c1-28-17-9-15(10-18(29-2)20(17)30-3)16(11-22)25-21(27)14-5-4-8-26(13-14)19-12-23-6-7-24-19/h6-7,9-10,12,14,16H,4-5,8,13H2,1-3H3,(H,25,27). The zero-order valence-electron chi connectivity index (χ0n) is 17.3. The van der Waals surface area contributed by atoms with Crippen LogP contribution in [0.25, 0.3) is 0 Å². The first-order valence-electron chi connectivity index (χ1n) is 9.62. The predicted molar refractivity (Wildman–Crippen MR) is 110 cm³/mol. The smallest absolute Gasteiger partial charge is 0.226 e. The Bertz CT molecular complexity index is 890. The molecule has 1 amide bonds. The molecule has 1 aliphatic heterocycles. The van der Waals surface area contributed by atoms with Gasteiger partial charge in [0.25, 0.3) is 0 Å². The number of hydrogen-bond donors (Lipinski definition) is 1. The summed E-state index contributed by atoms with van der Waals surface area (Å²) in [7, 11) is 4.52. The van der Waals surface area contributed by atoms with Crippen molar-refractivity contribution in [3.05, 3.63) is 36.3 Å². The van der Waals surface area contributed by atoms with Gasteiger partial charge in [0.15, 0.2) is 11.5 Å². The number of methoxy groups -OCH3 is 3. The average Bonchev–Trinajstić information content (AvgIpc) is 2.81. The molecule has 0 aliphatic carbocycles. The second-order valence-electron chi connectivity index (χ2n) is 6.88. The molecule has 9 heteroatoms. The van der Waals surface area contributed by atoms with Crippen LogP contribution in [0.3, 0.4) is 0 Å². The highest BCUT2D eigenvalue weighted by atomic mass is 16.5. The van der Waals surface area contributed by atoms with E-state index in [1.54, 1.807) is 30.7 Å². The lowest BCUT2D eigenvalue weighted by atomic mass is 9.96. The Balaban J connectivity index is 1.76. The normalized spacial score (nSPS) is 16.9. The number of carbonyl (C=O) groups excluding carboxylic acids is 1. The van der Waals surface area contributed by atoms with E-state index < -0.39 is 6.04 Å². The summed E-state index contributed by atoms with van der Waals surface area (Å²) in [5, 5.41) is 12.6. The lowest BCUT2D eigenvalue weighted by Crippen LogP contribution is -2.44. The highest BCUT2D eigenvalue weighted by molar-refractivity contribution is 5.80. The third kappa shape index (κ3) is 4.54. The summed E-state index contributed by atoms with van der Waals surface area (Å²) in [5.41, 5.74) is 0.557. The van der Waals surface area contributed by atoms with Crippen LogP contribution in [0.4, 0.5) is 5.82 Å². The number of benzene rings is 1. The van der Waals surface area contributed by atoms with E-state index in [0.29, 0.717) is 29.4 Å². The third-order valence-electron chi connectivity index (χ3n) is 5.10. The first-order valence-corrected chi connectivity index (χ1v) is 9.62. The molecule has 30 heavy (non-hydrogen) atoms. The van der Waals surface area contributed by atoms with Gasteiger partial charge in [-0.15, -0.1) is 0 Å². The molecule has 3 rings (SSSR count). The van der Waals surface area contributed by atoms with Gasteiger partial charge in [0.1, 0.15) is 11.9 Å². The van der Waals surface area contributed by atoms with E-state index in [9.17, 15) is 10.1 Å². The molecule has 0 bridgehead atoms. The second kappa shape index (κ2) is 9.78. The third-order valence-corrected chi connectivity index (χ3v) is 5.10. The van der Waals surface area contributed by atoms with E-state index in [-0.39, 0.29) is 11.8 Å². The summed E-state index contributed by atoms with van der Waals surface area (Å²) >= 11 is 0. The zero-order chi connectivity index (χ0) is 21.5. The fourth-order valence-electron chi connectivity index (χ4n) is 3.57. The van der Waals surface area contributed by atoms with Gasteiger partial charge in [-0.3, -0.25) is 9.78 Å². The van der Waals surface area contributed by atoms with E-state index in [2.05, 4.69) is 21.4 Å². The summed E-state index contributed by atoms with van der Waals surface area (Å²) in [5.74, 6) is 1.60. The van der Waals surface area contributed by atoms with Crippen LogP contribution in [0.1, 0.15) is 24.4 Å². The van der Waals surface area contributed by atoms with Crippen molar-refractivity contribution < 1.29 is 19.0 Å². The lowest BCUT2D eigenvalue weighted by molar-refractivity contribution is -0.125. The SMILES string of the molecule is COc1cc(C(C#N)NC(=O)C2CCCN(c3cnccn3)C2)cc(OC)c1OC. The minimum absolute atomic E-state index is 0.177. The Morgan fingerprint density at radius 1 is 1.23 bits per heavy atom. The molecule has 2 atom stereocenters. The molecule has 158 valence electrons. The Labute approximate surface area is 175 Å². The maximum atomic E-state index is 12.9. The first-order chi connectivity index (χ1) is 14.6. The van der Waals surface area contributed by atoms with Crippen LogP contribution >= 0.6 is 0 Å². The maximum absolute atomic E-state index is 12.9. The number of rotatable bonds is 7. The molecule has 1 saturated heterocycles. The van der Waals surface area contributed by atoms with E-state index in [1.165, 1.54) is 21.3 Å². The van der Waals surface area contributed by atoms with Crippen molar-refractivity contribution in [1.29, 1.82) is 5.26 Å². The molecule has 9 nitrogen and oxygen atoms in total. The fraction of sp³-hybridized carbons (Fsp3) is 0.429. The van der Waals surface area contributed by atoms with Crippen LogP contribution in [0.5, 0.6) is 17.2 Å². The Hall–Kier alpha value is -3.54. The van der Waals surface area contributed by atoms with E-state index in [1.807, 2.05) is 4.90 Å². The van der Waals surface area contributed by atoms with Gasteiger partial charge in [0.2, 0.25) is 11.7 Å². The summed E-state index contributed by atoms with van der Waals surface area (Å²) in [6.07, 6.45) is 6.54. The molecule has 2 aromatic rings. The molecular weight excluding hydrogens is 386 g/mol. The van der Waals surface area contributed by atoms with Gasteiger partial charge in [-0.05, 0) is 30.5 Å². The summed E-state index contributed by atoms with van der Waals surface area (Å²) in [6, 6.07) is 4.64. The van der Waals surface area contributed by atoms with Crippen LogP contribution < -0.4 is 24.4 Å². The van der Waals surface area contributed by atoms with Gasteiger partial charge in [0.05, 0.1) is 39.5 Å². The van der Waals surface area contributed by atoms with Crippen LogP contribution in [-0.4, -0.2) is 50.3 Å². The van der Waals surface area contributed by atoms with Gasteiger partial charge < -0.3 is 24.4 Å². The number of nitrogens with one attached hydrogen (secondary N) is 1. The number of anilines is 1. The molecule has 1 aromatic heterocycles. The highest BCUT2D eigenvalue weighted by Crippen LogP contribution is 2.39. The second-order valence-corrected chi connectivity index (χ2v) is 6.88. The van der Waals surface area contributed by atoms with Gasteiger partial charge in [-0.25, -0.2) is 4.98 Å². The molecule has 0 radical (unpaired) electrons. The average molecular weight is 411 g/mol. The monoisotopic (exact) mass is 411 g/mol. The first kappa shape index (κ1) is 21.2. The summed E-state index contributed by atoms with van der Waals surface area (Å²) in [6.45, 7) is 1.34. The number of piperidine rings is 1. The molecule has 1 aliphatic rings. The van der Waals surface area contributed by atoms with Gasteiger partial charge >= 0.3 is 0 Å². The minimum Gasteiger partial charge on any atom is -0.493 e. The predicted octanol–water partition coefficient (Wildman–Crippen LogP) is 2.10. The number of carbonyl (C=O) groups is 1. The van der Waals surface area contributed by atoms with Gasteiger partial charge in [-0.2, -0.15) is 5.26 Å². The number of amides is 1. The Kier molecular flexibility index (Phi) is 6.91. The highest BCUT2D eigenvalue weighted by Gasteiger charge is 2.29. The fourth-order valence-corrected chi connectivity index (χ4v) is 3.57. The van der Waals surface area contributed by atoms with Gasteiger partial charge in [0, 0.05) is 25.5 Å². The van der Waals surface area contributed by atoms with Gasteiger partial charge in [-0.1, -0.05) is 0 Å². The number of aromatic nitrogens is 2. The minimum atomic E-state index is -0.849. The van der Waals surface area contributed by atoms with Crippen molar-refractivity contribution in [2.45, 2.75) is 18.9 Å². The van der Waals surface area contributed by atoms with E-state index >= 15 is 0 Å². The Morgan fingerprint density at radius 2 is 1.97 bits per heavy atom. The molecule has 1 aromatic carbocycles. The van der Waals surface area contributed by atoms with Crippen molar-refractivity contribution in [3.8, 4) is 23.3 Å². The maximum Gasteiger partial charge on any atom is 0.226 e. The molecular formula is C21H25N5O4. The van der Waals surface area contributed by atoms with E-state index in [0.717, 1.165) is 25.2 Å². The lowest BCUT2D eigenvalue weighted by Gasteiger charge is -2.33. The zero-order valence-corrected chi connectivity index (χ0v) is 17.3. The summed E-state index contributed by atoms with van der Waals surface area (Å²) < 4.78 is 16.0. The number of nitrogens with zero attached hydrogens (tertiary/aromatic N) is 4. The van der Waals surface area contributed by atoms with Crippen LogP contribution in [0.2, 0.25) is 0 Å². The molecule has 0 saturated carbocycles. The van der Waals surface area contributed by atoms with Crippen molar-refractivity contribution >= 4 is 11.7 Å². The van der Waals surface area contributed by atoms with Crippen LogP contribution in [0.15, 0.2) is 30.7 Å². The molecule has 2 unspecified atom stereocenters. The van der Waals surface area contributed by atoms with Crippen LogP contribution in [-0.2, 0) is 4.79 Å². The molecule has 1 N–H and O–H groups in total.